The highest BCUT2D eigenvalue weighted by atomic mass is 32.2. The van der Waals surface area contributed by atoms with E-state index in [0.717, 1.165) is 24.2 Å². The fourth-order valence-electron chi connectivity index (χ4n) is 4.00. The number of piperidine rings is 1. The zero-order valence-electron chi connectivity index (χ0n) is 19.0. The summed E-state index contributed by atoms with van der Waals surface area (Å²) in [6, 6.07) is 12.9. The number of hydrogen-bond acceptors (Lipinski definition) is 7. The first-order valence-corrected chi connectivity index (χ1v) is 12.5. The number of carbonyl (C=O) groups is 3. The summed E-state index contributed by atoms with van der Waals surface area (Å²) in [6.45, 7) is 0.440. The van der Waals surface area contributed by atoms with Crippen molar-refractivity contribution < 1.29 is 19.1 Å². The van der Waals surface area contributed by atoms with Gasteiger partial charge in [-0.3, -0.25) is 9.59 Å². The van der Waals surface area contributed by atoms with Crippen molar-refractivity contribution in [2.24, 2.45) is 5.92 Å². The number of nitrogens with one attached hydrogen (secondary N) is 1. The van der Waals surface area contributed by atoms with Crippen molar-refractivity contribution in [1.29, 1.82) is 5.26 Å². The summed E-state index contributed by atoms with van der Waals surface area (Å²) in [4.78, 5) is 44.0. The van der Waals surface area contributed by atoms with E-state index in [1.807, 2.05) is 42.7 Å². The molecule has 2 amide bonds. The molecule has 1 aromatic carbocycles. The summed E-state index contributed by atoms with van der Waals surface area (Å²) >= 11 is 1.31. The molecule has 1 aromatic heterocycles. The fraction of sp³-hybridized carbons (Fsp3) is 0.400. The van der Waals surface area contributed by atoms with Gasteiger partial charge in [-0.05, 0) is 50.1 Å². The summed E-state index contributed by atoms with van der Waals surface area (Å²) in [7, 11) is 0. The summed E-state index contributed by atoms with van der Waals surface area (Å²) in [5, 5.41) is 13.0. The highest BCUT2D eigenvalue weighted by Crippen LogP contribution is 2.40. The lowest BCUT2D eigenvalue weighted by atomic mass is 9.95. The van der Waals surface area contributed by atoms with Crippen LogP contribution in [0.5, 0.6) is 0 Å². The van der Waals surface area contributed by atoms with Gasteiger partial charge in [-0.2, -0.15) is 5.26 Å². The third-order valence-electron chi connectivity index (χ3n) is 6.11. The highest BCUT2D eigenvalue weighted by Gasteiger charge is 2.30. The van der Waals surface area contributed by atoms with Crippen molar-refractivity contribution in [1.82, 2.24) is 9.88 Å². The van der Waals surface area contributed by atoms with E-state index in [4.69, 9.17) is 4.74 Å². The number of pyridine rings is 1. The zero-order chi connectivity index (χ0) is 24.1. The molecule has 176 valence electrons. The molecule has 0 bridgehead atoms. The van der Waals surface area contributed by atoms with Crippen LogP contribution in [0.2, 0.25) is 0 Å². The Bertz CT molecular complexity index is 1120. The lowest BCUT2D eigenvalue weighted by molar-refractivity contribution is -0.137. The van der Waals surface area contributed by atoms with Gasteiger partial charge in [-0.15, -0.1) is 11.8 Å². The van der Waals surface area contributed by atoms with E-state index in [1.54, 1.807) is 11.0 Å². The van der Waals surface area contributed by atoms with E-state index < -0.39 is 12.6 Å². The van der Waals surface area contributed by atoms with Crippen LogP contribution in [0.4, 0.5) is 5.69 Å². The first-order valence-electron chi connectivity index (χ1n) is 11.3. The normalized spacial score (nSPS) is 15.9. The van der Waals surface area contributed by atoms with Crippen molar-refractivity contribution in [2.75, 3.05) is 31.3 Å². The molecule has 0 atom stereocenters. The SMILES string of the molecule is CSc1nc(C2CC2)cc(C(=O)OCC(=O)N2CCC(C(=O)Nc3ccccc3)CC2)c1C#N. The average molecular weight is 479 g/mol. The molecule has 1 N–H and O–H groups in total. The summed E-state index contributed by atoms with van der Waals surface area (Å²) < 4.78 is 5.30. The van der Waals surface area contributed by atoms with E-state index in [2.05, 4.69) is 10.3 Å². The van der Waals surface area contributed by atoms with Gasteiger partial charge >= 0.3 is 5.97 Å². The van der Waals surface area contributed by atoms with Crippen LogP contribution in [0, 0.1) is 17.2 Å². The van der Waals surface area contributed by atoms with Crippen LogP contribution in [0.1, 0.15) is 53.2 Å². The van der Waals surface area contributed by atoms with E-state index >= 15 is 0 Å². The van der Waals surface area contributed by atoms with E-state index in [-0.39, 0.29) is 28.9 Å². The Morgan fingerprint density at radius 1 is 1.18 bits per heavy atom. The smallest absolute Gasteiger partial charge is 0.340 e. The number of rotatable bonds is 7. The van der Waals surface area contributed by atoms with E-state index in [0.29, 0.717) is 36.9 Å². The van der Waals surface area contributed by atoms with Crippen LogP contribution < -0.4 is 5.32 Å². The minimum atomic E-state index is -0.693. The molecule has 0 radical (unpaired) electrons. The van der Waals surface area contributed by atoms with E-state index in [9.17, 15) is 19.6 Å². The monoisotopic (exact) mass is 478 g/mol. The standard InChI is InChI=1S/C25H26N4O4S/c1-34-24-20(14-26)19(13-21(28-24)16-7-8-16)25(32)33-15-22(30)29-11-9-17(10-12-29)23(31)27-18-5-3-2-4-6-18/h2-6,13,16-17H,7-12,15H2,1H3,(H,27,31). The number of nitriles is 1. The zero-order valence-corrected chi connectivity index (χ0v) is 19.8. The van der Waals surface area contributed by atoms with Gasteiger partial charge in [-0.25, -0.2) is 9.78 Å². The Kier molecular flexibility index (Phi) is 7.48. The van der Waals surface area contributed by atoms with Crippen molar-refractivity contribution in [2.45, 2.75) is 36.6 Å². The van der Waals surface area contributed by atoms with Gasteiger partial charge in [0.15, 0.2) is 6.61 Å². The third kappa shape index (κ3) is 5.57. The first kappa shape index (κ1) is 23.8. The second kappa shape index (κ2) is 10.7. The number of aromatic nitrogens is 1. The van der Waals surface area contributed by atoms with Crippen LogP contribution in [0.25, 0.3) is 0 Å². The van der Waals surface area contributed by atoms with Crippen LogP contribution in [0.3, 0.4) is 0 Å². The molecular formula is C25H26N4O4S. The lowest BCUT2D eigenvalue weighted by Crippen LogP contribution is -2.43. The molecule has 2 aliphatic rings. The topological polar surface area (TPSA) is 112 Å². The number of ether oxygens (including phenoxy) is 1. The third-order valence-corrected chi connectivity index (χ3v) is 6.80. The minimum absolute atomic E-state index is 0.0532. The Hall–Kier alpha value is -3.38. The number of likely N-dealkylation sites (tertiary alicyclic amines) is 1. The summed E-state index contributed by atoms with van der Waals surface area (Å²) in [5.41, 5.74) is 1.88. The van der Waals surface area contributed by atoms with Gasteiger partial charge in [0.2, 0.25) is 5.91 Å². The number of thioether (sulfide) groups is 1. The molecular weight excluding hydrogens is 452 g/mol. The Morgan fingerprint density at radius 2 is 1.88 bits per heavy atom. The fourth-order valence-corrected chi connectivity index (χ4v) is 4.56. The number of para-hydroxylation sites is 1. The lowest BCUT2D eigenvalue weighted by Gasteiger charge is -2.31. The molecule has 8 nitrogen and oxygen atoms in total. The summed E-state index contributed by atoms with van der Waals surface area (Å²) in [5.74, 6) is -0.917. The second-order valence-electron chi connectivity index (χ2n) is 8.45. The molecule has 2 heterocycles. The molecule has 4 rings (SSSR count). The number of anilines is 1. The van der Waals surface area contributed by atoms with Gasteiger partial charge in [0.25, 0.3) is 5.91 Å². The number of benzene rings is 1. The molecule has 2 fully saturated rings. The number of amides is 2. The molecule has 0 spiro atoms. The minimum Gasteiger partial charge on any atom is -0.452 e. The van der Waals surface area contributed by atoms with Gasteiger partial charge in [-0.1, -0.05) is 18.2 Å². The predicted octanol–water partition coefficient (Wildman–Crippen LogP) is 3.59. The number of carbonyl (C=O) groups excluding carboxylic acids is 3. The van der Waals surface area contributed by atoms with Crippen LogP contribution in [0.15, 0.2) is 41.4 Å². The second-order valence-corrected chi connectivity index (χ2v) is 9.25. The van der Waals surface area contributed by atoms with Crippen LogP contribution in [-0.2, 0) is 14.3 Å². The Balaban J connectivity index is 1.31. The van der Waals surface area contributed by atoms with Gasteiger partial charge in [0.05, 0.1) is 11.1 Å². The molecule has 1 saturated carbocycles. The summed E-state index contributed by atoms with van der Waals surface area (Å²) in [6.07, 6.45) is 4.92. The molecule has 34 heavy (non-hydrogen) atoms. The number of esters is 1. The van der Waals surface area contributed by atoms with E-state index in [1.165, 1.54) is 11.8 Å². The number of hydrogen-bond donors (Lipinski definition) is 1. The first-order chi connectivity index (χ1) is 16.5. The molecule has 1 aliphatic carbocycles. The average Bonchev–Trinajstić information content (AvgIpc) is 3.72. The Morgan fingerprint density at radius 3 is 2.50 bits per heavy atom. The highest BCUT2D eigenvalue weighted by molar-refractivity contribution is 7.98. The van der Waals surface area contributed by atoms with Gasteiger partial charge < -0.3 is 15.0 Å². The quantitative estimate of drug-likeness (QED) is 0.478. The van der Waals surface area contributed by atoms with Gasteiger partial charge in [0.1, 0.15) is 11.1 Å². The van der Waals surface area contributed by atoms with Crippen molar-refractivity contribution in [3.05, 3.63) is 53.2 Å². The maximum Gasteiger partial charge on any atom is 0.340 e. The molecule has 0 unspecified atom stereocenters. The van der Waals surface area contributed by atoms with Gasteiger partial charge in [0, 0.05) is 36.3 Å². The van der Waals surface area contributed by atoms with Crippen LogP contribution >= 0.6 is 11.8 Å². The van der Waals surface area contributed by atoms with Crippen molar-refractivity contribution >= 4 is 35.2 Å². The maximum absolute atomic E-state index is 12.8. The Labute approximate surface area is 202 Å². The van der Waals surface area contributed by atoms with Crippen molar-refractivity contribution in [3.8, 4) is 6.07 Å². The molecule has 9 heteroatoms. The maximum atomic E-state index is 12.8. The predicted molar refractivity (Wildman–Crippen MR) is 127 cm³/mol. The molecule has 1 saturated heterocycles. The molecule has 1 aliphatic heterocycles. The van der Waals surface area contributed by atoms with Crippen LogP contribution in [-0.4, -0.2) is 53.6 Å². The largest absolute Gasteiger partial charge is 0.452 e. The number of nitrogens with zero attached hydrogens (tertiary/aromatic N) is 3. The van der Waals surface area contributed by atoms with Crippen molar-refractivity contribution in [3.63, 3.8) is 0 Å². The molecule has 2 aromatic rings.